The van der Waals surface area contributed by atoms with E-state index in [0.29, 0.717) is 0 Å². The molecule has 0 aliphatic rings. The van der Waals surface area contributed by atoms with E-state index >= 15 is 0 Å². The molecule has 1 aromatic carbocycles. The van der Waals surface area contributed by atoms with E-state index in [1.807, 2.05) is 60.0 Å². The van der Waals surface area contributed by atoms with E-state index in [1.54, 1.807) is 13.3 Å². The molecule has 0 bridgehead atoms. The third-order valence-electron chi connectivity index (χ3n) is 3.41. The number of pyridine rings is 1. The topological polar surface area (TPSA) is 55.6 Å². The van der Waals surface area contributed by atoms with Crippen molar-refractivity contribution in [2.45, 2.75) is 17.3 Å². The smallest absolute Gasteiger partial charge is 0.237 e. The maximum absolute atomic E-state index is 12.3. The predicted molar refractivity (Wildman–Crippen MR) is 92.1 cm³/mol. The number of hydrogen-bond donors (Lipinski definition) is 1. The molecule has 3 rings (SSSR count). The highest BCUT2D eigenvalue weighted by molar-refractivity contribution is 8.00. The van der Waals surface area contributed by atoms with Crippen LogP contribution in [0.3, 0.4) is 0 Å². The van der Waals surface area contributed by atoms with Crippen molar-refractivity contribution in [1.29, 1.82) is 0 Å². The lowest BCUT2D eigenvalue weighted by Crippen LogP contribution is -2.22. The van der Waals surface area contributed by atoms with Crippen molar-refractivity contribution in [2.75, 3.05) is 12.4 Å². The molecule has 5 nitrogen and oxygen atoms in total. The molecule has 0 unspecified atom stereocenters. The van der Waals surface area contributed by atoms with Gasteiger partial charge in [0, 0.05) is 11.9 Å². The number of hydrogen-bond acceptors (Lipinski definition) is 4. The Kier molecular flexibility index (Phi) is 4.52. The number of methoxy groups -OCH3 is 1. The van der Waals surface area contributed by atoms with E-state index in [9.17, 15) is 4.79 Å². The predicted octanol–water partition coefficient (Wildman–Crippen LogP) is 3.46. The number of carbonyl (C=O) groups is 1. The molecule has 0 fully saturated rings. The SMILES string of the molecule is COc1ccc(NC(=O)[C@@H](C)Sc2ncc3ccccn23)cc1. The molecular formula is C17H17N3O2S. The third-order valence-corrected chi connectivity index (χ3v) is 4.49. The lowest BCUT2D eigenvalue weighted by molar-refractivity contribution is -0.115. The Morgan fingerprint density at radius 2 is 2.04 bits per heavy atom. The number of imidazole rings is 1. The van der Waals surface area contributed by atoms with Gasteiger partial charge in [0.25, 0.3) is 0 Å². The van der Waals surface area contributed by atoms with Crippen LogP contribution in [0.1, 0.15) is 6.92 Å². The first kappa shape index (κ1) is 15.4. The van der Waals surface area contributed by atoms with Gasteiger partial charge in [-0.05, 0) is 43.3 Å². The lowest BCUT2D eigenvalue weighted by Gasteiger charge is -2.11. The van der Waals surface area contributed by atoms with Crippen LogP contribution < -0.4 is 10.1 Å². The van der Waals surface area contributed by atoms with Gasteiger partial charge in [0.05, 0.1) is 24.1 Å². The molecule has 1 atom stereocenters. The van der Waals surface area contributed by atoms with E-state index in [1.165, 1.54) is 11.8 Å². The van der Waals surface area contributed by atoms with Gasteiger partial charge in [-0.15, -0.1) is 0 Å². The number of ether oxygens (including phenoxy) is 1. The molecule has 2 heterocycles. The molecular weight excluding hydrogens is 310 g/mol. The van der Waals surface area contributed by atoms with Crippen molar-refractivity contribution < 1.29 is 9.53 Å². The summed E-state index contributed by atoms with van der Waals surface area (Å²) in [6.07, 6.45) is 3.75. The second-order valence-corrected chi connectivity index (χ2v) is 6.32. The zero-order valence-corrected chi connectivity index (χ0v) is 13.7. The minimum atomic E-state index is -0.261. The van der Waals surface area contributed by atoms with Crippen LogP contribution in [-0.4, -0.2) is 27.7 Å². The monoisotopic (exact) mass is 327 g/mol. The molecule has 0 saturated heterocycles. The number of benzene rings is 1. The Labute approximate surface area is 138 Å². The third kappa shape index (κ3) is 3.48. The van der Waals surface area contributed by atoms with Gasteiger partial charge in [-0.2, -0.15) is 0 Å². The summed E-state index contributed by atoms with van der Waals surface area (Å²) in [5, 5.41) is 3.44. The molecule has 0 aliphatic carbocycles. The average molecular weight is 327 g/mol. The molecule has 23 heavy (non-hydrogen) atoms. The molecule has 1 N–H and O–H groups in total. The summed E-state index contributed by atoms with van der Waals surface area (Å²) in [4.78, 5) is 16.7. The van der Waals surface area contributed by atoms with Crippen LogP contribution in [0.4, 0.5) is 5.69 Å². The van der Waals surface area contributed by atoms with Crippen LogP contribution in [0.2, 0.25) is 0 Å². The molecule has 0 spiro atoms. The van der Waals surface area contributed by atoms with Gasteiger partial charge >= 0.3 is 0 Å². The van der Waals surface area contributed by atoms with Gasteiger partial charge in [-0.25, -0.2) is 4.98 Å². The van der Waals surface area contributed by atoms with Gasteiger partial charge in [-0.3, -0.25) is 9.20 Å². The zero-order chi connectivity index (χ0) is 16.2. The van der Waals surface area contributed by atoms with Crippen LogP contribution in [0.5, 0.6) is 5.75 Å². The molecule has 1 amide bonds. The van der Waals surface area contributed by atoms with E-state index < -0.39 is 0 Å². The number of nitrogens with zero attached hydrogens (tertiary/aromatic N) is 2. The minimum Gasteiger partial charge on any atom is -0.497 e. The highest BCUT2D eigenvalue weighted by Gasteiger charge is 2.17. The van der Waals surface area contributed by atoms with E-state index in [-0.39, 0.29) is 11.2 Å². The summed E-state index contributed by atoms with van der Waals surface area (Å²) < 4.78 is 7.08. The van der Waals surface area contributed by atoms with Gasteiger partial charge in [-0.1, -0.05) is 17.8 Å². The second kappa shape index (κ2) is 6.75. The van der Waals surface area contributed by atoms with Crippen molar-refractivity contribution in [1.82, 2.24) is 9.38 Å². The standard InChI is InChI=1S/C17H17N3O2S/c1-12(16(21)19-13-6-8-15(22-2)9-7-13)23-17-18-11-14-5-3-4-10-20(14)17/h3-12H,1-2H3,(H,19,21)/t12-/m1/s1. The Morgan fingerprint density at radius 3 is 2.78 bits per heavy atom. The first-order chi connectivity index (χ1) is 11.2. The summed E-state index contributed by atoms with van der Waals surface area (Å²) >= 11 is 1.43. The summed E-state index contributed by atoms with van der Waals surface area (Å²) in [6, 6.07) is 13.2. The molecule has 3 aromatic rings. The number of nitrogens with one attached hydrogen (secondary N) is 1. The number of thioether (sulfide) groups is 1. The van der Waals surface area contributed by atoms with E-state index in [2.05, 4.69) is 10.3 Å². The summed E-state index contributed by atoms with van der Waals surface area (Å²) in [5.74, 6) is 0.696. The van der Waals surface area contributed by atoms with Crippen LogP contribution in [0, 0.1) is 0 Å². The Balaban J connectivity index is 1.67. The number of aromatic nitrogens is 2. The minimum absolute atomic E-state index is 0.0622. The summed E-state index contributed by atoms with van der Waals surface area (Å²) in [7, 11) is 1.61. The number of rotatable bonds is 5. The van der Waals surface area contributed by atoms with Crippen LogP contribution in [0.15, 0.2) is 60.0 Å². The average Bonchev–Trinajstić information content (AvgIpc) is 2.98. The van der Waals surface area contributed by atoms with Crippen molar-refractivity contribution in [3.63, 3.8) is 0 Å². The van der Waals surface area contributed by atoms with E-state index in [4.69, 9.17) is 4.74 Å². The molecule has 0 saturated carbocycles. The molecule has 0 aliphatic heterocycles. The highest BCUT2D eigenvalue weighted by atomic mass is 32.2. The largest absolute Gasteiger partial charge is 0.497 e. The maximum atomic E-state index is 12.3. The Morgan fingerprint density at radius 1 is 1.26 bits per heavy atom. The summed E-state index contributed by atoms with van der Waals surface area (Å²) in [5.41, 5.74) is 1.76. The Hall–Kier alpha value is -2.47. The van der Waals surface area contributed by atoms with Gasteiger partial charge < -0.3 is 10.1 Å². The van der Waals surface area contributed by atoms with Crippen LogP contribution in [0.25, 0.3) is 5.52 Å². The van der Waals surface area contributed by atoms with Crippen molar-refractivity contribution in [2.24, 2.45) is 0 Å². The Bertz CT molecular complexity index is 814. The molecule has 118 valence electrons. The number of amides is 1. The van der Waals surface area contributed by atoms with Crippen molar-refractivity contribution in [3.05, 3.63) is 54.9 Å². The summed E-state index contributed by atoms with van der Waals surface area (Å²) in [6.45, 7) is 1.87. The fraction of sp³-hybridized carbons (Fsp3) is 0.176. The van der Waals surface area contributed by atoms with Gasteiger partial charge in [0.15, 0.2) is 5.16 Å². The lowest BCUT2D eigenvalue weighted by atomic mass is 10.3. The molecule has 0 radical (unpaired) electrons. The number of anilines is 1. The van der Waals surface area contributed by atoms with Crippen molar-refractivity contribution >= 4 is 28.9 Å². The first-order valence-electron chi connectivity index (χ1n) is 7.21. The number of fused-ring (bicyclic) bond motifs is 1. The first-order valence-corrected chi connectivity index (χ1v) is 8.09. The second-order valence-electron chi connectivity index (χ2n) is 5.01. The normalized spacial score (nSPS) is 12.1. The quantitative estimate of drug-likeness (QED) is 0.729. The fourth-order valence-electron chi connectivity index (χ4n) is 2.14. The van der Waals surface area contributed by atoms with Gasteiger partial charge in [0.2, 0.25) is 5.91 Å². The molecule has 6 heteroatoms. The fourth-order valence-corrected chi connectivity index (χ4v) is 3.01. The van der Waals surface area contributed by atoms with Gasteiger partial charge in [0.1, 0.15) is 5.75 Å². The zero-order valence-electron chi connectivity index (χ0n) is 12.9. The van der Waals surface area contributed by atoms with Crippen LogP contribution >= 0.6 is 11.8 Å². The molecule has 2 aromatic heterocycles. The van der Waals surface area contributed by atoms with Crippen molar-refractivity contribution in [3.8, 4) is 5.75 Å². The van der Waals surface area contributed by atoms with Crippen LogP contribution in [-0.2, 0) is 4.79 Å². The van der Waals surface area contributed by atoms with E-state index in [0.717, 1.165) is 22.1 Å². The maximum Gasteiger partial charge on any atom is 0.237 e. The highest BCUT2D eigenvalue weighted by Crippen LogP contribution is 2.24. The number of carbonyl (C=O) groups excluding carboxylic acids is 1.